The van der Waals surface area contributed by atoms with Gasteiger partial charge in [0, 0.05) is 19.2 Å². The largest absolute Gasteiger partial charge is 0.377 e. The number of rotatable bonds is 8. The topological polar surface area (TPSA) is 67.4 Å². The third-order valence-corrected chi connectivity index (χ3v) is 4.57. The summed E-state index contributed by atoms with van der Waals surface area (Å²) in [5, 5.41) is 3.36. The highest BCUT2D eigenvalue weighted by molar-refractivity contribution is 7.89. The lowest BCUT2D eigenvalue weighted by molar-refractivity contribution is 0.0799. The summed E-state index contributed by atoms with van der Waals surface area (Å²) in [5.74, 6) is 0.198. The fourth-order valence-electron chi connectivity index (χ4n) is 2.13. The highest BCUT2D eigenvalue weighted by atomic mass is 32.2. The van der Waals surface area contributed by atoms with Crippen molar-refractivity contribution in [2.45, 2.75) is 51.7 Å². The van der Waals surface area contributed by atoms with Gasteiger partial charge in [0.1, 0.15) is 0 Å². The fraction of sp³-hybridized carbons (Fsp3) is 1.00. The van der Waals surface area contributed by atoms with Gasteiger partial charge in [-0.2, -0.15) is 0 Å². The molecule has 108 valence electrons. The van der Waals surface area contributed by atoms with Gasteiger partial charge in [0.05, 0.1) is 11.9 Å². The minimum atomic E-state index is -3.16. The molecule has 0 saturated carbocycles. The molecule has 0 aromatic carbocycles. The summed E-state index contributed by atoms with van der Waals surface area (Å²) in [6.07, 6.45) is 4.11. The molecule has 1 fully saturated rings. The highest BCUT2D eigenvalue weighted by Crippen LogP contribution is 2.10. The molecule has 2 atom stereocenters. The molecule has 1 rings (SSSR count). The minimum Gasteiger partial charge on any atom is -0.377 e. The first-order chi connectivity index (χ1) is 8.53. The maximum atomic E-state index is 11.8. The predicted molar refractivity (Wildman–Crippen MR) is 73.1 cm³/mol. The Morgan fingerprint density at radius 2 is 2.22 bits per heavy atom. The smallest absolute Gasteiger partial charge is 0.211 e. The van der Waals surface area contributed by atoms with E-state index in [4.69, 9.17) is 4.74 Å². The monoisotopic (exact) mass is 278 g/mol. The van der Waals surface area contributed by atoms with Gasteiger partial charge in [0.15, 0.2) is 0 Å². The van der Waals surface area contributed by atoms with E-state index in [-0.39, 0.29) is 11.9 Å². The Labute approximate surface area is 111 Å². The lowest BCUT2D eigenvalue weighted by atomic mass is 10.0. The summed E-state index contributed by atoms with van der Waals surface area (Å²) in [6.45, 7) is 5.75. The number of sulfonamides is 1. The molecule has 1 aliphatic rings. The van der Waals surface area contributed by atoms with Crippen LogP contribution in [0.5, 0.6) is 0 Å². The maximum absolute atomic E-state index is 11.8. The van der Waals surface area contributed by atoms with E-state index >= 15 is 0 Å². The van der Waals surface area contributed by atoms with Crippen LogP contribution in [0, 0.1) is 0 Å². The zero-order valence-corrected chi connectivity index (χ0v) is 12.3. The van der Waals surface area contributed by atoms with Crippen molar-refractivity contribution >= 4 is 10.0 Å². The second kappa shape index (κ2) is 8.09. The lowest BCUT2D eigenvalue weighted by Gasteiger charge is -2.23. The molecule has 2 N–H and O–H groups in total. The molecule has 2 unspecified atom stereocenters. The van der Waals surface area contributed by atoms with E-state index in [2.05, 4.69) is 10.0 Å². The second-order valence-corrected chi connectivity index (χ2v) is 6.80. The Morgan fingerprint density at radius 3 is 2.83 bits per heavy atom. The van der Waals surface area contributed by atoms with Crippen LogP contribution in [0.4, 0.5) is 0 Å². The third-order valence-electron chi connectivity index (χ3n) is 3.19. The number of ether oxygens (including phenoxy) is 1. The predicted octanol–water partition coefficient (Wildman–Crippen LogP) is 0.863. The molecule has 0 amide bonds. The SMILES string of the molecule is CCOC(C)CNS(=O)(=O)CCC1CCCCN1. The van der Waals surface area contributed by atoms with Gasteiger partial charge in [-0.1, -0.05) is 6.42 Å². The average Bonchev–Trinajstić information content (AvgIpc) is 2.36. The Morgan fingerprint density at radius 1 is 1.44 bits per heavy atom. The second-order valence-electron chi connectivity index (χ2n) is 4.87. The van der Waals surface area contributed by atoms with Gasteiger partial charge in [-0.25, -0.2) is 13.1 Å². The normalized spacial score (nSPS) is 22.9. The summed E-state index contributed by atoms with van der Waals surface area (Å²) >= 11 is 0. The fourth-order valence-corrected chi connectivity index (χ4v) is 3.36. The average molecular weight is 278 g/mol. The molecule has 1 saturated heterocycles. The molecular weight excluding hydrogens is 252 g/mol. The van der Waals surface area contributed by atoms with Gasteiger partial charge < -0.3 is 10.1 Å². The number of piperidine rings is 1. The molecular formula is C12H26N2O3S. The van der Waals surface area contributed by atoms with Crippen LogP contribution >= 0.6 is 0 Å². The van der Waals surface area contributed by atoms with Crippen LogP contribution in [-0.2, 0) is 14.8 Å². The summed E-state index contributed by atoms with van der Waals surface area (Å²) in [4.78, 5) is 0. The van der Waals surface area contributed by atoms with Crippen LogP contribution in [0.25, 0.3) is 0 Å². The Hall–Kier alpha value is -0.170. The van der Waals surface area contributed by atoms with Crippen molar-refractivity contribution in [1.29, 1.82) is 0 Å². The molecule has 6 heteroatoms. The molecule has 0 spiro atoms. The van der Waals surface area contributed by atoms with Crippen molar-refractivity contribution < 1.29 is 13.2 Å². The van der Waals surface area contributed by atoms with E-state index in [0.29, 0.717) is 25.6 Å². The van der Waals surface area contributed by atoms with Crippen molar-refractivity contribution in [3.63, 3.8) is 0 Å². The van der Waals surface area contributed by atoms with E-state index in [9.17, 15) is 8.42 Å². The number of nitrogens with one attached hydrogen (secondary N) is 2. The van der Waals surface area contributed by atoms with Crippen molar-refractivity contribution in [2.75, 3.05) is 25.4 Å². The van der Waals surface area contributed by atoms with Crippen LogP contribution in [-0.4, -0.2) is 46.0 Å². The van der Waals surface area contributed by atoms with Crippen LogP contribution in [0.15, 0.2) is 0 Å². The van der Waals surface area contributed by atoms with Crippen molar-refractivity contribution in [1.82, 2.24) is 10.0 Å². The van der Waals surface area contributed by atoms with E-state index in [0.717, 1.165) is 13.0 Å². The van der Waals surface area contributed by atoms with Gasteiger partial charge in [0.2, 0.25) is 10.0 Å². The molecule has 1 aliphatic heterocycles. The molecule has 5 nitrogen and oxygen atoms in total. The number of hydrogen-bond donors (Lipinski definition) is 2. The molecule has 0 aliphatic carbocycles. The van der Waals surface area contributed by atoms with Crippen molar-refractivity contribution in [3.05, 3.63) is 0 Å². The van der Waals surface area contributed by atoms with Crippen LogP contribution in [0.3, 0.4) is 0 Å². The van der Waals surface area contributed by atoms with E-state index < -0.39 is 10.0 Å². The van der Waals surface area contributed by atoms with Crippen LogP contribution in [0.1, 0.15) is 39.5 Å². The Kier molecular flexibility index (Phi) is 7.14. The Balaban J connectivity index is 2.22. The quantitative estimate of drug-likeness (QED) is 0.691. The molecule has 0 bridgehead atoms. The summed E-state index contributed by atoms with van der Waals surface area (Å²) in [7, 11) is -3.16. The van der Waals surface area contributed by atoms with E-state index in [1.165, 1.54) is 12.8 Å². The van der Waals surface area contributed by atoms with Gasteiger partial charge >= 0.3 is 0 Å². The van der Waals surface area contributed by atoms with Gasteiger partial charge in [0.25, 0.3) is 0 Å². The maximum Gasteiger partial charge on any atom is 0.211 e. The third kappa shape index (κ3) is 6.68. The van der Waals surface area contributed by atoms with E-state index in [1.807, 2.05) is 13.8 Å². The zero-order chi connectivity index (χ0) is 13.4. The van der Waals surface area contributed by atoms with Gasteiger partial charge in [-0.3, -0.25) is 0 Å². The van der Waals surface area contributed by atoms with Crippen LogP contribution < -0.4 is 10.0 Å². The minimum absolute atomic E-state index is 0.0717. The molecule has 1 heterocycles. The van der Waals surface area contributed by atoms with Gasteiger partial charge in [-0.05, 0) is 39.7 Å². The summed E-state index contributed by atoms with van der Waals surface area (Å²) < 4.78 is 31.5. The van der Waals surface area contributed by atoms with Crippen molar-refractivity contribution in [3.8, 4) is 0 Å². The summed E-state index contributed by atoms with van der Waals surface area (Å²) in [6, 6.07) is 0.361. The molecule has 0 radical (unpaired) electrons. The first kappa shape index (κ1) is 15.9. The Bertz CT molecular complexity index is 313. The molecule has 0 aromatic rings. The highest BCUT2D eigenvalue weighted by Gasteiger charge is 2.17. The zero-order valence-electron chi connectivity index (χ0n) is 11.4. The number of hydrogen-bond acceptors (Lipinski definition) is 4. The van der Waals surface area contributed by atoms with E-state index in [1.54, 1.807) is 0 Å². The van der Waals surface area contributed by atoms with Crippen LogP contribution in [0.2, 0.25) is 0 Å². The lowest BCUT2D eigenvalue weighted by Crippen LogP contribution is -2.38. The first-order valence-electron chi connectivity index (χ1n) is 6.86. The molecule has 0 aromatic heterocycles. The summed E-state index contributed by atoms with van der Waals surface area (Å²) in [5.41, 5.74) is 0. The molecule has 18 heavy (non-hydrogen) atoms. The standard InChI is InChI=1S/C12H26N2O3S/c1-3-17-11(2)10-14-18(15,16)9-7-12-6-4-5-8-13-12/h11-14H,3-10H2,1-2H3. The van der Waals surface area contributed by atoms with Crippen molar-refractivity contribution in [2.24, 2.45) is 0 Å². The van der Waals surface area contributed by atoms with Gasteiger partial charge in [-0.15, -0.1) is 0 Å². The first-order valence-corrected chi connectivity index (χ1v) is 8.51.